The molecule has 60 valence electrons. The Bertz CT molecular complexity index is 190. The summed E-state index contributed by atoms with van der Waals surface area (Å²) in [5.41, 5.74) is 0. The zero-order chi connectivity index (χ0) is 8.10. The maximum Gasteiger partial charge on any atom is 0.285 e. The van der Waals surface area contributed by atoms with Gasteiger partial charge in [-0.15, -0.1) is 4.99 Å². The lowest BCUT2D eigenvalue weighted by Crippen LogP contribution is -2.26. The Morgan fingerprint density at radius 3 is 2.91 bits per heavy atom. The summed E-state index contributed by atoms with van der Waals surface area (Å²) in [6.45, 7) is 0.588. The first-order valence-corrected chi connectivity index (χ1v) is 3.58. The van der Waals surface area contributed by atoms with E-state index in [0.29, 0.717) is 13.0 Å². The van der Waals surface area contributed by atoms with Crippen LogP contribution in [0, 0.1) is 0 Å². The number of nitrogens with zero attached hydrogens (tertiary/aromatic N) is 1. The lowest BCUT2D eigenvalue weighted by molar-refractivity contribution is -0.131. The van der Waals surface area contributed by atoms with E-state index in [1.807, 2.05) is 0 Å². The summed E-state index contributed by atoms with van der Waals surface area (Å²) < 4.78 is 5.07. The quantitative estimate of drug-likeness (QED) is 0.407. The van der Waals surface area contributed by atoms with Crippen molar-refractivity contribution in [2.45, 2.75) is 25.4 Å². The molecule has 0 radical (unpaired) electrons. The highest BCUT2D eigenvalue weighted by Crippen LogP contribution is 2.13. The minimum Gasteiger partial charge on any atom is -0.368 e. The molecule has 1 fully saturated rings. The molecule has 0 spiro atoms. The fourth-order valence-corrected chi connectivity index (χ4v) is 1.05. The van der Waals surface area contributed by atoms with E-state index in [4.69, 9.17) is 4.74 Å². The number of ether oxygens (including phenoxy) is 1. The van der Waals surface area contributed by atoms with Crippen LogP contribution in [0.3, 0.4) is 0 Å². The number of hydrogen-bond acceptors (Lipinski definition) is 3. The van der Waals surface area contributed by atoms with E-state index in [1.165, 1.54) is 6.08 Å². The predicted molar refractivity (Wildman–Crippen MR) is 36.7 cm³/mol. The molecule has 1 heterocycles. The number of aliphatic imine (C=N–C) groups is 1. The van der Waals surface area contributed by atoms with Gasteiger partial charge in [0, 0.05) is 6.61 Å². The number of carbonyl (C=O) groups excluding carboxylic acids is 2. The van der Waals surface area contributed by atoms with E-state index in [-0.39, 0.29) is 0 Å². The molecule has 1 rings (SSSR count). The third-order valence-electron chi connectivity index (χ3n) is 1.61. The van der Waals surface area contributed by atoms with E-state index in [1.54, 1.807) is 0 Å². The van der Waals surface area contributed by atoms with Crippen molar-refractivity contribution < 1.29 is 14.3 Å². The molecule has 0 aromatic carbocycles. The number of carbonyl (C=O) groups is 1. The van der Waals surface area contributed by atoms with E-state index in [0.717, 1.165) is 12.8 Å². The van der Waals surface area contributed by atoms with Gasteiger partial charge in [-0.3, -0.25) is 4.79 Å². The van der Waals surface area contributed by atoms with Crippen molar-refractivity contribution in [1.29, 1.82) is 0 Å². The average Bonchev–Trinajstić information content (AvgIpc) is 2.07. The average molecular weight is 155 g/mol. The first-order chi connectivity index (χ1) is 5.34. The van der Waals surface area contributed by atoms with Crippen molar-refractivity contribution in [3.8, 4) is 0 Å². The Balaban J connectivity index is 2.44. The summed E-state index contributed by atoms with van der Waals surface area (Å²) >= 11 is 0. The van der Waals surface area contributed by atoms with Gasteiger partial charge in [-0.05, 0) is 19.3 Å². The Hall–Kier alpha value is -0.990. The first kappa shape index (κ1) is 8.11. The van der Waals surface area contributed by atoms with Crippen molar-refractivity contribution in [2.75, 3.05) is 6.61 Å². The number of hydrogen-bond donors (Lipinski definition) is 0. The number of amides is 1. The van der Waals surface area contributed by atoms with Gasteiger partial charge < -0.3 is 4.74 Å². The minimum atomic E-state index is -0.500. The lowest BCUT2D eigenvalue weighted by Gasteiger charge is -2.18. The van der Waals surface area contributed by atoms with Crippen LogP contribution < -0.4 is 0 Å². The molecule has 1 atom stereocenters. The van der Waals surface area contributed by atoms with Crippen LogP contribution in [0.1, 0.15) is 19.3 Å². The molecule has 4 nitrogen and oxygen atoms in total. The molecule has 0 aromatic heterocycles. The van der Waals surface area contributed by atoms with Crippen LogP contribution >= 0.6 is 0 Å². The third kappa shape index (κ3) is 2.26. The van der Waals surface area contributed by atoms with Crippen LogP contribution in [0.2, 0.25) is 0 Å². The van der Waals surface area contributed by atoms with E-state index >= 15 is 0 Å². The molecular formula is C7H9NO3. The van der Waals surface area contributed by atoms with Gasteiger partial charge in [0.2, 0.25) is 6.08 Å². The van der Waals surface area contributed by atoms with Gasteiger partial charge in [0.15, 0.2) is 0 Å². The van der Waals surface area contributed by atoms with E-state index in [9.17, 15) is 9.59 Å². The van der Waals surface area contributed by atoms with Gasteiger partial charge in [0.05, 0.1) is 0 Å². The van der Waals surface area contributed by atoms with Gasteiger partial charge >= 0.3 is 0 Å². The molecule has 0 saturated carbocycles. The van der Waals surface area contributed by atoms with Gasteiger partial charge in [-0.1, -0.05) is 0 Å². The summed E-state index contributed by atoms with van der Waals surface area (Å²) in [5, 5.41) is 0. The fourth-order valence-electron chi connectivity index (χ4n) is 1.05. The lowest BCUT2D eigenvalue weighted by atomic mass is 10.1. The van der Waals surface area contributed by atoms with Crippen molar-refractivity contribution in [2.24, 2.45) is 4.99 Å². The van der Waals surface area contributed by atoms with Gasteiger partial charge in [-0.25, -0.2) is 4.79 Å². The van der Waals surface area contributed by atoms with Gasteiger partial charge in [0.25, 0.3) is 5.91 Å². The Labute approximate surface area is 64.3 Å². The van der Waals surface area contributed by atoms with Gasteiger partial charge in [0.1, 0.15) is 6.10 Å². The topological polar surface area (TPSA) is 55.7 Å². The van der Waals surface area contributed by atoms with Crippen molar-refractivity contribution in [3.05, 3.63) is 0 Å². The Kier molecular flexibility index (Phi) is 2.95. The highest BCUT2D eigenvalue weighted by molar-refractivity contribution is 5.85. The Morgan fingerprint density at radius 2 is 2.36 bits per heavy atom. The molecule has 0 N–H and O–H groups in total. The maximum absolute atomic E-state index is 10.8. The number of rotatable bonds is 1. The van der Waals surface area contributed by atoms with Crippen LogP contribution in [0.25, 0.3) is 0 Å². The van der Waals surface area contributed by atoms with Gasteiger partial charge in [-0.2, -0.15) is 0 Å². The Morgan fingerprint density at radius 1 is 1.55 bits per heavy atom. The highest BCUT2D eigenvalue weighted by atomic mass is 16.5. The molecule has 1 saturated heterocycles. The highest BCUT2D eigenvalue weighted by Gasteiger charge is 2.20. The molecule has 1 aliphatic rings. The fraction of sp³-hybridized carbons (Fsp3) is 0.714. The van der Waals surface area contributed by atoms with Crippen LogP contribution in [0.5, 0.6) is 0 Å². The maximum atomic E-state index is 10.8. The third-order valence-corrected chi connectivity index (χ3v) is 1.61. The molecule has 0 bridgehead atoms. The van der Waals surface area contributed by atoms with Crippen LogP contribution in [-0.2, 0) is 14.3 Å². The SMILES string of the molecule is O=C=NC(=O)C1CCCCO1. The second-order valence-corrected chi connectivity index (χ2v) is 2.40. The van der Waals surface area contributed by atoms with Crippen molar-refractivity contribution in [3.63, 3.8) is 0 Å². The van der Waals surface area contributed by atoms with E-state index in [2.05, 4.69) is 4.99 Å². The zero-order valence-corrected chi connectivity index (χ0v) is 6.08. The summed E-state index contributed by atoms with van der Waals surface area (Å²) in [6.07, 6.45) is 3.33. The smallest absolute Gasteiger partial charge is 0.285 e. The van der Waals surface area contributed by atoms with Crippen LogP contribution in [-0.4, -0.2) is 24.7 Å². The molecule has 0 aliphatic carbocycles. The molecule has 11 heavy (non-hydrogen) atoms. The predicted octanol–water partition coefficient (Wildman–Crippen LogP) is 0.418. The molecular weight excluding hydrogens is 146 g/mol. The van der Waals surface area contributed by atoms with Crippen molar-refractivity contribution in [1.82, 2.24) is 0 Å². The molecule has 0 aromatic rings. The summed E-state index contributed by atoms with van der Waals surface area (Å²) in [5.74, 6) is -0.500. The van der Waals surface area contributed by atoms with Crippen LogP contribution in [0.4, 0.5) is 0 Å². The molecule has 1 unspecified atom stereocenters. The number of isocyanates is 1. The monoisotopic (exact) mass is 155 g/mol. The summed E-state index contributed by atoms with van der Waals surface area (Å²) in [7, 11) is 0. The minimum absolute atomic E-state index is 0.495. The first-order valence-electron chi connectivity index (χ1n) is 3.58. The standard InChI is InChI=1S/C7H9NO3/c9-5-8-7(10)6-3-1-2-4-11-6/h6H,1-4H2. The molecule has 1 aliphatic heterocycles. The summed E-state index contributed by atoms with van der Waals surface area (Å²) in [6, 6.07) is 0. The second-order valence-electron chi connectivity index (χ2n) is 2.40. The van der Waals surface area contributed by atoms with Crippen LogP contribution in [0.15, 0.2) is 4.99 Å². The zero-order valence-electron chi connectivity index (χ0n) is 6.08. The normalized spacial score (nSPS) is 23.8. The second kappa shape index (κ2) is 4.01. The summed E-state index contributed by atoms with van der Waals surface area (Å²) in [4.78, 5) is 23.5. The molecule has 4 heteroatoms. The largest absolute Gasteiger partial charge is 0.368 e. The van der Waals surface area contributed by atoms with E-state index < -0.39 is 12.0 Å². The van der Waals surface area contributed by atoms with Crippen molar-refractivity contribution >= 4 is 12.0 Å². The molecule has 1 amide bonds.